The Balaban J connectivity index is 3.23. The highest BCUT2D eigenvalue weighted by molar-refractivity contribution is 7.98. The lowest BCUT2D eigenvalue weighted by Crippen LogP contribution is -2.32. The minimum Gasteiger partial charge on any atom is -0.409 e. The number of nitrogens with zero attached hydrogens (tertiary/aromatic N) is 2. The van der Waals surface area contributed by atoms with Crippen molar-refractivity contribution in [2.24, 2.45) is 16.8 Å². The normalized spacial score (nSPS) is 13.6. The second-order valence-electron chi connectivity index (χ2n) is 5.43. The van der Waals surface area contributed by atoms with E-state index in [0.717, 1.165) is 22.6 Å². The fraction of sp³-hybridized carbons (Fsp3) is 0.533. The third-order valence-electron chi connectivity index (χ3n) is 3.44. The monoisotopic (exact) mass is 295 g/mol. The molecular formula is C15H25N3OS. The van der Waals surface area contributed by atoms with Crippen LogP contribution in [0.15, 0.2) is 28.3 Å². The molecule has 0 saturated carbocycles. The Bertz CT molecular complexity index is 474. The van der Waals surface area contributed by atoms with Crippen molar-refractivity contribution in [1.82, 2.24) is 0 Å². The molecule has 1 aromatic carbocycles. The Morgan fingerprint density at radius 2 is 2.05 bits per heavy atom. The molecule has 0 saturated heterocycles. The topological polar surface area (TPSA) is 61.8 Å². The van der Waals surface area contributed by atoms with Crippen LogP contribution in [0.2, 0.25) is 0 Å². The summed E-state index contributed by atoms with van der Waals surface area (Å²) in [5.74, 6) is 0.789. The van der Waals surface area contributed by atoms with Gasteiger partial charge in [0, 0.05) is 23.7 Å². The average Bonchev–Trinajstić information content (AvgIpc) is 2.43. The van der Waals surface area contributed by atoms with Crippen molar-refractivity contribution < 1.29 is 5.21 Å². The van der Waals surface area contributed by atoms with Crippen LogP contribution in [0, 0.1) is 5.92 Å². The van der Waals surface area contributed by atoms with Crippen LogP contribution < -0.4 is 10.6 Å². The minimum absolute atomic E-state index is 0.161. The van der Waals surface area contributed by atoms with Gasteiger partial charge in [0.15, 0.2) is 5.84 Å². The highest BCUT2D eigenvalue weighted by Gasteiger charge is 2.19. The first-order chi connectivity index (χ1) is 9.42. The zero-order chi connectivity index (χ0) is 15.3. The van der Waals surface area contributed by atoms with Crippen LogP contribution in [0.3, 0.4) is 0 Å². The van der Waals surface area contributed by atoms with E-state index >= 15 is 0 Å². The molecule has 0 fully saturated rings. The van der Waals surface area contributed by atoms with Crippen LogP contribution in [0.5, 0.6) is 0 Å². The zero-order valence-electron chi connectivity index (χ0n) is 12.9. The van der Waals surface area contributed by atoms with Gasteiger partial charge in [-0.1, -0.05) is 25.1 Å². The van der Waals surface area contributed by atoms with Gasteiger partial charge < -0.3 is 15.8 Å². The molecule has 0 amide bonds. The summed E-state index contributed by atoms with van der Waals surface area (Å²) in [7, 11) is 2.06. The SMILES string of the molecule is CSc1cccc(N(C)C(C)CC(C)C)c1/C(N)=N/O. The number of hydrogen-bond donors (Lipinski definition) is 2. The number of benzene rings is 1. The maximum Gasteiger partial charge on any atom is 0.173 e. The second kappa shape index (κ2) is 7.43. The maximum atomic E-state index is 9.03. The van der Waals surface area contributed by atoms with Gasteiger partial charge in [-0.15, -0.1) is 11.8 Å². The number of nitrogens with two attached hydrogens (primary N) is 1. The lowest BCUT2D eigenvalue weighted by Gasteiger charge is -2.30. The highest BCUT2D eigenvalue weighted by Crippen LogP contribution is 2.30. The van der Waals surface area contributed by atoms with Gasteiger partial charge in [-0.05, 0) is 37.7 Å². The van der Waals surface area contributed by atoms with E-state index in [1.807, 2.05) is 24.5 Å². The Hall–Kier alpha value is -1.36. The smallest absolute Gasteiger partial charge is 0.173 e. The summed E-state index contributed by atoms with van der Waals surface area (Å²) in [6.07, 6.45) is 3.08. The van der Waals surface area contributed by atoms with Crippen LogP contribution in [-0.2, 0) is 0 Å². The number of thioether (sulfide) groups is 1. The van der Waals surface area contributed by atoms with Gasteiger partial charge in [0.05, 0.1) is 5.56 Å². The first kappa shape index (κ1) is 16.7. The zero-order valence-corrected chi connectivity index (χ0v) is 13.7. The summed E-state index contributed by atoms with van der Waals surface area (Å²) in [5.41, 5.74) is 7.68. The van der Waals surface area contributed by atoms with Crippen LogP contribution in [-0.4, -0.2) is 30.4 Å². The Labute approximate surface area is 126 Å². The molecule has 0 spiro atoms. The van der Waals surface area contributed by atoms with E-state index in [1.54, 1.807) is 11.8 Å². The van der Waals surface area contributed by atoms with E-state index in [9.17, 15) is 0 Å². The molecule has 112 valence electrons. The summed E-state index contributed by atoms with van der Waals surface area (Å²) < 4.78 is 0. The molecule has 5 heteroatoms. The van der Waals surface area contributed by atoms with Crippen molar-refractivity contribution in [2.75, 3.05) is 18.2 Å². The number of amidine groups is 1. The molecule has 1 unspecified atom stereocenters. The van der Waals surface area contributed by atoms with E-state index in [0.29, 0.717) is 12.0 Å². The fourth-order valence-corrected chi connectivity index (χ4v) is 3.00. The first-order valence-corrected chi connectivity index (χ1v) is 8.02. The largest absolute Gasteiger partial charge is 0.409 e. The van der Waals surface area contributed by atoms with E-state index in [1.165, 1.54) is 0 Å². The van der Waals surface area contributed by atoms with Gasteiger partial charge in [0.1, 0.15) is 0 Å². The number of anilines is 1. The molecule has 1 atom stereocenters. The molecule has 0 aliphatic rings. The number of hydrogen-bond acceptors (Lipinski definition) is 4. The summed E-state index contributed by atoms with van der Waals surface area (Å²) in [5, 5.41) is 12.2. The van der Waals surface area contributed by atoms with Crippen LogP contribution in [0.4, 0.5) is 5.69 Å². The van der Waals surface area contributed by atoms with Crippen molar-refractivity contribution in [3.8, 4) is 0 Å². The van der Waals surface area contributed by atoms with Gasteiger partial charge in [-0.3, -0.25) is 0 Å². The Morgan fingerprint density at radius 3 is 2.55 bits per heavy atom. The van der Waals surface area contributed by atoms with Crippen molar-refractivity contribution in [1.29, 1.82) is 0 Å². The molecule has 0 aromatic heterocycles. The number of rotatable bonds is 6. The summed E-state index contributed by atoms with van der Waals surface area (Å²) in [6.45, 7) is 6.63. The maximum absolute atomic E-state index is 9.03. The predicted molar refractivity (Wildman–Crippen MR) is 88.1 cm³/mol. The second-order valence-corrected chi connectivity index (χ2v) is 6.28. The summed E-state index contributed by atoms with van der Waals surface area (Å²) >= 11 is 1.60. The van der Waals surface area contributed by atoms with E-state index < -0.39 is 0 Å². The average molecular weight is 295 g/mol. The molecule has 4 nitrogen and oxygen atoms in total. The van der Waals surface area contributed by atoms with Gasteiger partial charge in [0.25, 0.3) is 0 Å². The van der Waals surface area contributed by atoms with Crippen molar-refractivity contribution in [3.63, 3.8) is 0 Å². The molecule has 3 N–H and O–H groups in total. The quantitative estimate of drug-likeness (QED) is 0.278. The van der Waals surface area contributed by atoms with Gasteiger partial charge in [0.2, 0.25) is 0 Å². The van der Waals surface area contributed by atoms with E-state index in [-0.39, 0.29) is 5.84 Å². The molecule has 20 heavy (non-hydrogen) atoms. The molecule has 0 bridgehead atoms. The molecule has 0 aliphatic carbocycles. The third kappa shape index (κ3) is 3.82. The molecule has 0 heterocycles. The lowest BCUT2D eigenvalue weighted by molar-refractivity contribution is 0.318. The molecule has 1 rings (SSSR count). The summed E-state index contributed by atoms with van der Waals surface area (Å²) in [4.78, 5) is 3.22. The van der Waals surface area contributed by atoms with Gasteiger partial charge in [-0.25, -0.2) is 0 Å². The van der Waals surface area contributed by atoms with Crippen molar-refractivity contribution in [3.05, 3.63) is 23.8 Å². The standard InChI is InChI=1S/C15H25N3OS/c1-10(2)9-11(3)18(4)12-7-6-8-13(20-5)14(12)15(16)17-19/h6-8,10-11,19H,9H2,1-5H3,(H2,16,17). The fourth-order valence-electron chi connectivity index (χ4n) is 2.37. The van der Waals surface area contributed by atoms with Crippen molar-refractivity contribution >= 4 is 23.3 Å². The predicted octanol–water partition coefficient (Wildman–Crippen LogP) is 3.37. The van der Waals surface area contributed by atoms with Gasteiger partial charge in [-0.2, -0.15) is 0 Å². The highest BCUT2D eigenvalue weighted by atomic mass is 32.2. The Kier molecular flexibility index (Phi) is 6.20. The van der Waals surface area contributed by atoms with Crippen molar-refractivity contribution in [2.45, 2.75) is 38.1 Å². The van der Waals surface area contributed by atoms with Crippen LogP contribution in [0.25, 0.3) is 0 Å². The Morgan fingerprint density at radius 1 is 1.40 bits per heavy atom. The molecule has 0 aliphatic heterocycles. The van der Waals surface area contributed by atoms with E-state index in [2.05, 4.69) is 37.9 Å². The summed E-state index contributed by atoms with van der Waals surface area (Å²) in [6, 6.07) is 6.40. The molecule has 1 aromatic rings. The molecule has 0 radical (unpaired) electrons. The minimum atomic E-state index is 0.161. The number of oxime groups is 1. The van der Waals surface area contributed by atoms with Crippen LogP contribution >= 0.6 is 11.8 Å². The lowest BCUT2D eigenvalue weighted by atomic mass is 10.0. The van der Waals surface area contributed by atoms with E-state index in [4.69, 9.17) is 10.9 Å². The molecular weight excluding hydrogens is 270 g/mol. The van der Waals surface area contributed by atoms with Crippen LogP contribution in [0.1, 0.15) is 32.8 Å². The third-order valence-corrected chi connectivity index (χ3v) is 4.22. The first-order valence-electron chi connectivity index (χ1n) is 6.80. The van der Waals surface area contributed by atoms with Gasteiger partial charge >= 0.3 is 0 Å².